The Labute approximate surface area is 131 Å². The molecule has 1 aliphatic rings. The van der Waals surface area contributed by atoms with Crippen LogP contribution in [0.25, 0.3) is 0 Å². The number of ether oxygens (including phenoxy) is 1. The Kier molecular flexibility index (Phi) is 5.95. The number of esters is 1. The molecule has 1 N–H and O–H groups in total. The number of nitrogens with one attached hydrogen (secondary N) is 1. The largest absolute Gasteiger partial charge is 0.462 e. The Hall–Kier alpha value is -1.88. The van der Waals surface area contributed by atoms with Crippen LogP contribution in [0.15, 0.2) is 18.2 Å². The average molecular weight is 304 g/mol. The predicted molar refractivity (Wildman–Crippen MR) is 86.1 cm³/mol. The molecule has 0 radical (unpaired) electrons. The lowest BCUT2D eigenvalue weighted by Gasteiger charge is -2.25. The lowest BCUT2D eigenvalue weighted by Crippen LogP contribution is -2.36. The first kappa shape index (κ1) is 16.5. The van der Waals surface area contributed by atoms with Gasteiger partial charge in [-0.1, -0.05) is 12.5 Å². The van der Waals surface area contributed by atoms with Gasteiger partial charge in [-0.2, -0.15) is 0 Å². The zero-order valence-electron chi connectivity index (χ0n) is 13.4. The summed E-state index contributed by atoms with van der Waals surface area (Å²) in [6, 6.07) is 5.22. The number of carbonyl (C=O) groups excluding carboxylic acids is 2. The molecule has 1 fully saturated rings. The van der Waals surface area contributed by atoms with Gasteiger partial charge in [-0.25, -0.2) is 4.79 Å². The van der Waals surface area contributed by atoms with Crippen molar-refractivity contribution in [2.45, 2.75) is 33.1 Å². The number of amides is 1. The maximum absolute atomic E-state index is 12.2. The van der Waals surface area contributed by atoms with Crippen molar-refractivity contribution in [1.82, 2.24) is 4.90 Å². The third-order valence-corrected chi connectivity index (χ3v) is 3.84. The summed E-state index contributed by atoms with van der Waals surface area (Å²) >= 11 is 0. The summed E-state index contributed by atoms with van der Waals surface area (Å²) in [4.78, 5) is 26.1. The highest BCUT2D eigenvalue weighted by Gasteiger charge is 2.15. The summed E-state index contributed by atoms with van der Waals surface area (Å²) in [5, 5.41) is 2.91. The van der Waals surface area contributed by atoms with E-state index in [9.17, 15) is 9.59 Å². The minimum absolute atomic E-state index is 0.0361. The van der Waals surface area contributed by atoms with Crippen LogP contribution in [0.2, 0.25) is 0 Å². The molecule has 0 unspecified atom stereocenters. The van der Waals surface area contributed by atoms with Gasteiger partial charge in [0.15, 0.2) is 0 Å². The summed E-state index contributed by atoms with van der Waals surface area (Å²) in [6.45, 7) is 6.38. The SMILES string of the molecule is CCOC(=O)c1ccc(C)c(NC(=O)CN2CCCCC2)c1. The smallest absolute Gasteiger partial charge is 0.338 e. The maximum atomic E-state index is 12.2. The van der Waals surface area contributed by atoms with E-state index in [0.29, 0.717) is 24.4 Å². The van der Waals surface area contributed by atoms with E-state index in [4.69, 9.17) is 4.74 Å². The molecule has 1 heterocycles. The molecule has 0 aliphatic carbocycles. The van der Waals surface area contributed by atoms with Gasteiger partial charge in [0.2, 0.25) is 5.91 Å². The number of likely N-dealkylation sites (tertiary alicyclic amines) is 1. The van der Waals surface area contributed by atoms with Crippen LogP contribution >= 0.6 is 0 Å². The number of benzene rings is 1. The standard InChI is InChI=1S/C17H24N2O3/c1-3-22-17(21)14-8-7-13(2)15(11-14)18-16(20)12-19-9-5-4-6-10-19/h7-8,11H,3-6,9-10,12H2,1-2H3,(H,18,20). The number of anilines is 1. The monoisotopic (exact) mass is 304 g/mol. The minimum atomic E-state index is -0.367. The molecule has 0 saturated carbocycles. The molecule has 1 amide bonds. The van der Waals surface area contributed by atoms with Crippen LogP contribution in [0.5, 0.6) is 0 Å². The second-order valence-electron chi connectivity index (χ2n) is 5.64. The first-order chi connectivity index (χ1) is 10.6. The Morgan fingerprint density at radius 3 is 2.64 bits per heavy atom. The highest BCUT2D eigenvalue weighted by molar-refractivity contribution is 5.96. The molecule has 0 aromatic heterocycles. The molecular formula is C17H24N2O3. The zero-order chi connectivity index (χ0) is 15.9. The molecule has 22 heavy (non-hydrogen) atoms. The van der Waals surface area contributed by atoms with Gasteiger partial charge in [0.1, 0.15) is 0 Å². The van der Waals surface area contributed by atoms with Crippen LogP contribution in [0, 0.1) is 6.92 Å². The summed E-state index contributed by atoms with van der Waals surface area (Å²) in [5.74, 6) is -0.403. The molecule has 0 atom stereocenters. The van der Waals surface area contributed by atoms with Crippen LogP contribution in [-0.2, 0) is 9.53 Å². The van der Waals surface area contributed by atoms with E-state index >= 15 is 0 Å². The number of rotatable bonds is 5. The lowest BCUT2D eigenvalue weighted by atomic mass is 10.1. The highest BCUT2D eigenvalue weighted by atomic mass is 16.5. The van der Waals surface area contributed by atoms with Gasteiger partial charge in [0.05, 0.1) is 18.7 Å². The molecule has 1 saturated heterocycles. The van der Waals surface area contributed by atoms with Gasteiger partial charge >= 0.3 is 5.97 Å². The number of piperidine rings is 1. The summed E-state index contributed by atoms with van der Waals surface area (Å²) < 4.78 is 4.99. The molecule has 1 aromatic carbocycles. The molecule has 0 bridgehead atoms. The second-order valence-corrected chi connectivity index (χ2v) is 5.64. The molecular weight excluding hydrogens is 280 g/mol. The van der Waals surface area contributed by atoms with Crippen LogP contribution in [0.4, 0.5) is 5.69 Å². The maximum Gasteiger partial charge on any atom is 0.338 e. The van der Waals surface area contributed by atoms with Crippen molar-refractivity contribution in [3.63, 3.8) is 0 Å². The number of hydrogen-bond donors (Lipinski definition) is 1. The highest BCUT2D eigenvalue weighted by Crippen LogP contribution is 2.18. The lowest BCUT2D eigenvalue weighted by molar-refractivity contribution is -0.117. The minimum Gasteiger partial charge on any atom is -0.462 e. The molecule has 120 valence electrons. The topological polar surface area (TPSA) is 58.6 Å². The average Bonchev–Trinajstić information content (AvgIpc) is 2.50. The Morgan fingerprint density at radius 1 is 1.23 bits per heavy atom. The van der Waals surface area contributed by atoms with E-state index < -0.39 is 0 Å². The van der Waals surface area contributed by atoms with Gasteiger partial charge in [0, 0.05) is 5.69 Å². The quantitative estimate of drug-likeness (QED) is 0.850. The van der Waals surface area contributed by atoms with Gasteiger partial charge in [-0.3, -0.25) is 9.69 Å². The van der Waals surface area contributed by atoms with E-state index in [-0.39, 0.29) is 11.9 Å². The molecule has 2 rings (SSSR count). The Balaban J connectivity index is 1.99. The predicted octanol–water partition coefficient (Wildman–Crippen LogP) is 2.60. The van der Waals surface area contributed by atoms with Gasteiger partial charge in [0.25, 0.3) is 0 Å². The van der Waals surface area contributed by atoms with Gasteiger partial charge in [-0.05, 0) is 57.5 Å². The van der Waals surface area contributed by atoms with Crippen molar-refractivity contribution >= 4 is 17.6 Å². The summed E-state index contributed by atoms with van der Waals surface area (Å²) in [7, 11) is 0. The first-order valence-electron chi connectivity index (χ1n) is 7.90. The van der Waals surface area contributed by atoms with Crippen molar-refractivity contribution in [2.24, 2.45) is 0 Å². The zero-order valence-corrected chi connectivity index (χ0v) is 13.4. The molecule has 5 heteroatoms. The molecule has 1 aromatic rings. The van der Waals surface area contributed by atoms with E-state index in [1.807, 2.05) is 13.0 Å². The number of aryl methyl sites for hydroxylation is 1. The number of nitrogens with zero attached hydrogens (tertiary/aromatic N) is 1. The molecule has 5 nitrogen and oxygen atoms in total. The fourth-order valence-electron chi connectivity index (χ4n) is 2.61. The molecule has 1 aliphatic heterocycles. The second kappa shape index (κ2) is 7.94. The van der Waals surface area contributed by atoms with Gasteiger partial charge < -0.3 is 10.1 Å². The van der Waals surface area contributed by atoms with E-state index in [1.54, 1.807) is 19.1 Å². The fraction of sp³-hybridized carbons (Fsp3) is 0.529. The van der Waals surface area contributed by atoms with Crippen LogP contribution in [-0.4, -0.2) is 43.0 Å². The Morgan fingerprint density at radius 2 is 1.95 bits per heavy atom. The molecule has 0 spiro atoms. The van der Waals surface area contributed by atoms with Crippen LogP contribution in [0.3, 0.4) is 0 Å². The van der Waals surface area contributed by atoms with Crippen molar-refractivity contribution in [3.8, 4) is 0 Å². The summed E-state index contributed by atoms with van der Waals surface area (Å²) in [5.41, 5.74) is 2.06. The van der Waals surface area contributed by atoms with E-state index in [2.05, 4.69) is 10.2 Å². The first-order valence-corrected chi connectivity index (χ1v) is 7.90. The van der Waals surface area contributed by atoms with E-state index in [0.717, 1.165) is 31.5 Å². The van der Waals surface area contributed by atoms with Gasteiger partial charge in [-0.15, -0.1) is 0 Å². The number of hydrogen-bond acceptors (Lipinski definition) is 4. The van der Waals surface area contributed by atoms with Crippen molar-refractivity contribution in [2.75, 3.05) is 31.6 Å². The van der Waals surface area contributed by atoms with Crippen LogP contribution in [0.1, 0.15) is 42.1 Å². The third-order valence-electron chi connectivity index (χ3n) is 3.84. The normalized spacial score (nSPS) is 15.4. The van der Waals surface area contributed by atoms with Crippen molar-refractivity contribution in [3.05, 3.63) is 29.3 Å². The Bertz CT molecular complexity index is 537. The van der Waals surface area contributed by atoms with Crippen LogP contribution < -0.4 is 5.32 Å². The van der Waals surface area contributed by atoms with Crippen molar-refractivity contribution in [1.29, 1.82) is 0 Å². The van der Waals surface area contributed by atoms with E-state index in [1.165, 1.54) is 6.42 Å². The fourth-order valence-corrected chi connectivity index (χ4v) is 2.61. The van der Waals surface area contributed by atoms with Crippen molar-refractivity contribution < 1.29 is 14.3 Å². The third kappa shape index (κ3) is 4.56. The number of carbonyl (C=O) groups is 2. The summed E-state index contributed by atoms with van der Waals surface area (Å²) in [6.07, 6.45) is 3.56.